The molecule has 0 aromatic carbocycles. The molecule has 3 heteroatoms. The molecule has 54 valence electrons. The zero-order valence-electron chi connectivity index (χ0n) is 5.79. The van der Waals surface area contributed by atoms with Gasteiger partial charge in [-0.05, 0) is 13.8 Å². The zero-order chi connectivity index (χ0) is 6.69. The minimum Gasteiger partial charge on any atom is -0.350 e. The highest BCUT2D eigenvalue weighted by Crippen LogP contribution is 2.16. The maximum atomic E-state index is 5.13. The molecule has 0 aromatic rings. The second kappa shape index (κ2) is 3.15. The van der Waals surface area contributed by atoms with Crippen molar-refractivity contribution in [3.63, 3.8) is 0 Å². The maximum absolute atomic E-state index is 5.13. The Morgan fingerprint density at radius 1 is 1.56 bits per heavy atom. The smallest absolute Gasteiger partial charge is 0.193 e. The summed E-state index contributed by atoms with van der Waals surface area (Å²) in [7, 11) is 0. The average molecular weight is 132 g/mol. The van der Waals surface area contributed by atoms with E-state index in [2.05, 4.69) is 0 Å². The minimum absolute atomic E-state index is 0.134. The fraction of sp³-hybridized carbons (Fsp3) is 1.00. The van der Waals surface area contributed by atoms with Crippen LogP contribution in [0, 0.1) is 0 Å². The molecule has 9 heavy (non-hydrogen) atoms. The van der Waals surface area contributed by atoms with E-state index in [-0.39, 0.29) is 12.4 Å². The van der Waals surface area contributed by atoms with Crippen LogP contribution in [0.2, 0.25) is 0 Å². The molecule has 1 fully saturated rings. The van der Waals surface area contributed by atoms with Crippen LogP contribution in [0.5, 0.6) is 0 Å². The highest BCUT2D eigenvalue weighted by atomic mass is 17.2. The van der Waals surface area contributed by atoms with Gasteiger partial charge in [0.2, 0.25) is 0 Å². The number of hydrogen-bond acceptors (Lipinski definition) is 3. The monoisotopic (exact) mass is 132 g/mol. The van der Waals surface area contributed by atoms with Crippen molar-refractivity contribution in [2.24, 2.45) is 0 Å². The molecule has 0 N–H and O–H groups in total. The summed E-state index contributed by atoms with van der Waals surface area (Å²) in [6, 6.07) is 0. The first kappa shape index (κ1) is 6.99. The van der Waals surface area contributed by atoms with Gasteiger partial charge in [-0.1, -0.05) is 0 Å². The van der Waals surface area contributed by atoms with E-state index in [4.69, 9.17) is 14.5 Å². The van der Waals surface area contributed by atoms with E-state index >= 15 is 0 Å². The quantitative estimate of drug-likeness (QED) is 0.526. The van der Waals surface area contributed by atoms with Gasteiger partial charge in [0.25, 0.3) is 0 Å². The van der Waals surface area contributed by atoms with Crippen LogP contribution in [0.1, 0.15) is 20.3 Å². The predicted molar refractivity (Wildman–Crippen MR) is 31.7 cm³/mol. The lowest BCUT2D eigenvalue weighted by Crippen LogP contribution is -2.10. The van der Waals surface area contributed by atoms with Crippen LogP contribution in [0.15, 0.2) is 0 Å². The molecule has 3 nitrogen and oxygen atoms in total. The third kappa shape index (κ3) is 1.93. The van der Waals surface area contributed by atoms with Crippen LogP contribution in [0.3, 0.4) is 0 Å². The van der Waals surface area contributed by atoms with E-state index < -0.39 is 0 Å². The molecule has 2 atom stereocenters. The number of rotatable bonds is 2. The Balaban J connectivity index is 2.14. The molecule has 1 saturated heterocycles. The first-order chi connectivity index (χ1) is 4.33. The SMILES string of the molecule is CCO[C@@H]1C[C@@H](C)OO1. The molecule has 0 aromatic heterocycles. The second-order valence-corrected chi connectivity index (χ2v) is 2.12. The Morgan fingerprint density at radius 3 is 2.78 bits per heavy atom. The van der Waals surface area contributed by atoms with Crippen molar-refractivity contribution < 1.29 is 14.5 Å². The molecule has 0 spiro atoms. The summed E-state index contributed by atoms with van der Waals surface area (Å²) >= 11 is 0. The lowest BCUT2D eigenvalue weighted by Gasteiger charge is -2.03. The molecule has 1 aliphatic heterocycles. The van der Waals surface area contributed by atoms with Gasteiger partial charge in [-0.3, -0.25) is 0 Å². The van der Waals surface area contributed by atoms with Crippen molar-refractivity contribution in [1.82, 2.24) is 0 Å². The van der Waals surface area contributed by atoms with Crippen LogP contribution in [-0.4, -0.2) is 19.0 Å². The van der Waals surface area contributed by atoms with Crippen molar-refractivity contribution in [2.45, 2.75) is 32.7 Å². The Hall–Kier alpha value is -0.120. The van der Waals surface area contributed by atoms with E-state index in [9.17, 15) is 0 Å². The van der Waals surface area contributed by atoms with Crippen molar-refractivity contribution in [3.8, 4) is 0 Å². The first-order valence-corrected chi connectivity index (χ1v) is 3.26. The van der Waals surface area contributed by atoms with Crippen molar-refractivity contribution in [1.29, 1.82) is 0 Å². The van der Waals surface area contributed by atoms with Crippen molar-refractivity contribution >= 4 is 0 Å². The normalized spacial score (nSPS) is 35.3. The topological polar surface area (TPSA) is 27.7 Å². The molecule has 1 rings (SSSR count). The molecule has 1 heterocycles. The van der Waals surface area contributed by atoms with E-state index in [1.807, 2.05) is 13.8 Å². The van der Waals surface area contributed by atoms with Gasteiger partial charge in [-0.2, -0.15) is 0 Å². The summed E-state index contributed by atoms with van der Waals surface area (Å²) in [6.07, 6.45) is 0.889. The van der Waals surface area contributed by atoms with Gasteiger partial charge in [0.1, 0.15) is 0 Å². The first-order valence-electron chi connectivity index (χ1n) is 3.26. The van der Waals surface area contributed by atoms with Crippen LogP contribution >= 0.6 is 0 Å². The highest BCUT2D eigenvalue weighted by Gasteiger charge is 2.23. The van der Waals surface area contributed by atoms with Gasteiger partial charge in [0.05, 0.1) is 6.10 Å². The lowest BCUT2D eigenvalue weighted by atomic mass is 10.3. The van der Waals surface area contributed by atoms with Crippen LogP contribution in [0.4, 0.5) is 0 Å². The zero-order valence-corrected chi connectivity index (χ0v) is 5.79. The number of ether oxygens (including phenoxy) is 1. The van der Waals surface area contributed by atoms with E-state index in [0.717, 1.165) is 6.42 Å². The molecule has 0 saturated carbocycles. The molecular formula is C6H12O3. The van der Waals surface area contributed by atoms with Gasteiger partial charge in [0, 0.05) is 13.0 Å². The fourth-order valence-electron chi connectivity index (χ4n) is 0.788. The van der Waals surface area contributed by atoms with Gasteiger partial charge in [-0.15, -0.1) is 0 Å². The van der Waals surface area contributed by atoms with Crippen LogP contribution < -0.4 is 0 Å². The third-order valence-corrected chi connectivity index (χ3v) is 1.20. The van der Waals surface area contributed by atoms with E-state index in [1.54, 1.807) is 0 Å². The summed E-state index contributed by atoms with van der Waals surface area (Å²) in [6.45, 7) is 4.58. The Labute approximate surface area is 54.8 Å². The van der Waals surface area contributed by atoms with E-state index in [0.29, 0.717) is 6.61 Å². The number of hydrogen-bond donors (Lipinski definition) is 0. The second-order valence-electron chi connectivity index (χ2n) is 2.12. The molecule has 0 amide bonds. The van der Waals surface area contributed by atoms with Crippen LogP contribution in [0.25, 0.3) is 0 Å². The largest absolute Gasteiger partial charge is 0.350 e. The van der Waals surface area contributed by atoms with Gasteiger partial charge in [-0.25, -0.2) is 9.78 Å². The van der Waals surface area contributed by atoms with Gasteiger partial charge >= 0.3 is 0 Å². The lowest BCUT2D eigenvalue weighted by molar-refractivity contribution is -0.339. The van der Waals surface area contributed by atoms with Crippen molar-refractivity contribution in [3.05, 3.63) is 0 Å². The summed E-state index contributed by atoms with van der Waals surface area (Å²) in [4.78, 5) is 9.58. The average Bonchev–Trinajstić information content (AvgIpc) is 2.17. The molecule has 0 unspecified atom stereocenters. The highest BCUT2D eigenvalue weighted by molar-refractivity contribution is 4.55. The van der Waals surface area contributed by atoms with E-state index in [1.165, 1.54) is 0 Å². The summed E-state index contributed by atoms with van der Waals surface area (Å²) in [5.74, 6) is 0. The van der Waals surface area contributed by atoms with Gasteiger partial charge in [0.15, 0.2) is 6.29 Å². The van der Waals surface area contributed by atoms with Crippen LogP contribution in [-0.2, 0) is 14.5 Å². The maximum Gasteiger partial charge on any atom is 0.193 e. The third-order valence-electron chi connectivity index (χ3n) is 1.20. The van der Waals surface area contributed by atoms with Gasteiger partial charge < -0.3 is 4.74 Å². The Bertz CT molecular complexity index is 82.4. The molecular weight excluding hydrogens is 120 g/mol. The molecule has 0 bridgehead atoms. The Morgan fingerprint density at radius 2 is 2.33 bits per heavy atom. The van der Waals surface area contributed by atoms with Crippen molar-refractivity contribution in [2.75, 3.05) is 6.61 Å². The summed E-state index contributed by atoms with van der Waals surface area (Å²) in [5.41, 5.74) is 0. The minimum atomic E-state index is -0.134. The fourth-order valence-corrected chi connectivity index (χ4v) is 0.788. The summed E-state index contributed by atoms with van der Waals surface area (Å²) < 4.78 is 5.13. The standard InChI is InChI=1S/C6H12O3/c1-3-7-6-4-5(2)8-9-6/h5-6H,3-4H2,1-2H3/t5-,6+/m1/s1. The molecule has 1 aliphatic rings. The Kier molecular flexibility index (Phi) is 2.45. The molecule has 0 aliphatic carbocycles. The molecule has 0 radical (unpaired) electrons. The summed E-state index contributed by atoms with van der Waals surface area (Å²) in [5, 5.41) is 0. The predicted octanol–water partition coefficient (Wildman–Crippen LogP) is 1.09.